The van der Waals surface area contributed by atoms with Gasteiger partial charge in [-0.05, 0) is 187 Å². The maximum atomic E-state index is 7.18. The predicted molar refractivity (Wildman–Crippen MR) is 245 cm³/mol. The van der Waals surface area contributed by atoms with Gasteiger partial charge in [0.25, 0.3) is 0 Å². The quantitative estimate of drug-likeness (QED) is 0.256. The molecule has 0 bridgehead atoms. The Balaban J connectivity index is 0.743. The zero-order valence-electron chi connectivity index (χ0n) is 39.0. The van der Waals surface area contributed by atoms with E-state index in [4.69, 9.17) is 9.73 Å². The molecule has 0 saturated heterocycles. The molecule has 0 aromatic carbocycles. The molecule has 0 amide bonds. The largest absolute Gasteiger partial charge is 0.475 e. The first-order valence-corrected chi connectivity index (χ1v) is 27.5. The lowest BCUT2D eigenvalue weighted by molar-refractivity contribution is -0.0287. The third-order valence-corrected chi connectivity index (χ3v) is 22.3. The van der Waals surface area contributed by atoms with Gasteiger partial charge in [-0.3, -0.25) is 9.80 Å². The lowest BCUT2D eigenvalue weighted by Crippen LogP contribution is -2.55. The van der Waals surface area contributed by atoms with Crippen LogP contribution in [0.5, 0.6) is 0 Å². The van der Waals surface area contributed by atoms with E-state index in [0.29, 0.717) is 34.9 Å². The van der Waals surface area contributed by atoms with Crippen molar-refractivity contribution in [1.82, 2.24) is 9.80 Å². The first-order chi connectivity index (χ1) is 28.8. The summed E-state index contributed by atoms with van der Waals surface area (Å²) in [6, 6.07) is 5.27. The molecule has 13 unspecified atom stereocenters. The summed E-state index contributed by atoms with van der Waals surface area (Å²) in [7, 11) is 0. The van der Waals surface area contributed by atoms with Crippen molar-refractivity contribution in [2.24, 2.45) is 69.1 Å². The summed E-state index contributed by atoms with van der Waals surface area (Å²) in [4.78, 5) is 12.1. The van der Waals surface area contributed by atoms with E-state index in [1.165, 1.54) is 192 Å². The number of hydrogen-bond donors (Lipinski definition) is 0. The standard InChI is InChI=1S/C55H91N3O/c1-54(2)47-21-13-11-19-43(47)45-30-27-40(33-49(45)54)57(37-15-7-5-8-16-37)39-25-23-36(24-26-39)53-56-51-32-29-42(35-52(51)59-53)58(38-17-9-6-10-18-38)41-28-31-46-44-20-12-14-22-48(44)55(3,4)50(46)34-41/h36-52H,5-35H2,1-4H3. The van der Waals surface area contributed by atoms with Crippen LogP contribution in [0.25, 0.3) is 0 Å². The van der Waals surface area contributed by atoms with Gasteiger partial charge >= 0.3 is 0 Å². The average molecular weight is 810 g/mol. The molecule has 1 aliphatic heterocycles. The molecule has 332 valence electrons. The van der Waals surface area contributed by atoms with Crippen molar-refractivity contribution in [3.05, 3.63) is 0 Å². The summed E-state index contributed by atoms with van der Waals surface area (Å²) >= 11 is 0. The Morgan fingerprint density at radius 2 is 0.797 bits per heavy atom. The molecular weight excluding hydrogens is 719 g/mol. The van der Waals surface area contributed by atoms with Gasteiger partial charge in [-0.25, -0.2) is 4.99 Å². The molecule has 13 atom stereocenters. The molecule has 0 aromatic rings. The second-order valence-electron chi connectivity index (χ2n) is 25.4. The lowest BCUT2D eigenvalue weighted by Gasteiger charge is -2.51. The van der Waals surface area contributed by atoms with E-state index in [1.807, 2.05) is 0 Å². The van der Waals surface area contributed by atoms with Crippen molar-refractivity contribution in [1.29, 1.82) is 0 Å². The zero-order valence-corrected chi connectivity index (χ0v) is 39.0. The molecule has 0 aromatic heterocycles. The summed E-state index contributed by atoms with van der Waals surface area (Å²) in [5, 5.41) is 0. The number of nitrogens with zero attached hydrogens (tertiary/aromatic N) is 3. The maximum absolute atomic E-state index is 7.18. The van der Waals surface area contributed by atoms with Gasteiger partial charge in [0.2, 0.25) is 0 Å². The molecule has 11 rings (SSSR count). The Morgan fingerprint density at radius 3 is 1.34 bits per heavy atom. The monoisotopic (exact) mass is 810 g/mol. The van der Waals surface area contributed by atoms with Crippen LogP contribution in [0.15, 0.2) is 4.99 Å². The van der Waals surface area contributed by atoms with Crippen LogP contribution < -0.4 is 0 Å². The van der Waals surface area contributed by atoms with Crippen LogP contribution in [0.2, 0.25) is 0 Å². The Hall–Kier alpha value is -0.610. The molecule has 10 aliphatic carbocycles. The molecule has 4 heteroatoms. The van der Waals surface area contributed by atoms with E-state index in [2.05, 4.69) is 37.5 Å². The van der Waals surface area contributed by atoms with Crippen molar-refractivity contribution < 1.29 is 4.74 Å². The number of fused-ring (bicyclic) bond motifs is 7. The predicted octanol–water partition coefficient (Wildman–Crippen LogP) is 13.8. The summed E-state index contributed by atoms with van der Waals surface area (Å²) in [6.07, 6.45) is 45.5. The highest BCUT2D eigenvalue weighted by atomic mass is 16.5. The van der Waals surface area contributed by atoms with E-state index in [1.54, 1.807) is 12.8 Å². The summed E-state index contributed by atoms with van der Waals surface area (Å²) in [5.41, 5.74) is 1.09. The molecule has 4 nitrogen and oxygen atoms in total. The Kier molecular flexibility index (Phi) is 11.7. The minimum Gasteiger partial charge on any atom is -0.475 e. The summed E-state index contributed by atoms with van der Waals surface area (Å²) in [6.45, 7) is 10.9. The molecule has 0 radical (unpaired) electrons. The fourth-order valence-electron chi connectivity index (χ4n) is 19.7. The second kappa shape index (κ2) is 16.7. The summed E-state index contributed by atoms with van der Waals surface area (Å²) in [5.74, 6) is 9.87. The topological polar surface area (TPSA) is 28.1 Å². The highest BCUT2D eigenvalue weighted by Gasteiger charge is 2.59. The number of aliphatic imine (C=N–C) groups is 1. The van der Waals surface area contributed by atoms with Crippen LogP contribution in [0.4, 0.5) is 0 Å². The number of rotatable bonds is 7. The Morgan fingerprint density at radius 1 is 0.390 bits per heavy atom. The zero-order chi connectivity index (χ0) is 39.9. The van der Waals surface area contributed by atoms with Crippen molar-refractivity contribution in [2.45, 2.75) is 275 Å². The summed E-state index contributed by atoms with van der Waals surface area (Å²) < 4.78 is 7.18. The van der Waals surface area contributed by atoms with Gasteiger partial charge in [0.1, 0.15) is 6.10 Å². The smallest absolute Gasteiger partial charge is 0.187 e. The highest BCUT2D eigenvalue weighted by molar-refractivity contribution is 5.80. The van der Waals surface area contributed by atoms with Gasteiger partial charge in [-0.1, -0.05) is 91.9 Å². The molecule has 10 fully saturated rings. The van der Waals surface area contributed by atoms with Crippen molar-refractivity contribution in [3.63, 3.8) is 0 Å². The maximum Gasteiger partial charge on any atom is 0.187 e. The third kappa shape index (κ3) is 7.39. The van der Waals surface area contributed by atoms with Crippen LogP contribution in [0, 0.1) is 64.1 Å². The van der Waals surface area contributed by atoms with E-state index in [9.17, 15) is 0 Å². The van der Waals surface area contributed by atoms with Gasteiger partial charge in [0.15, 0.2) is 5.90 Å². The van der Waals surface area contributed by atoms with Crippen LogP contribution in [-0.2, 0) is 4.74 Å². The SMILES string of the molecule is CC1(C)C2CCCCC2C2CCC(N(C3CCCCC3)C3CCC(C4=NC5CCC(N(C6CCCCC6)C6CCC7C8CCCCC8C(C)(C)C7C6)CC5O4)CC3)CC21. The van der Waals surface area contributed by atoms with Crippen molar-refractivity contribution >= 4 is 5.90 Å². The molecular formula is C55H91N3O. The minimum absolute atomic E-state index is 0.349. The van der Waals surface area contributed by atoms with Crippen LogP contribution in [0.1, 0.15) is 227 Å². The molecule has 1 heterocycles. The molecule has 10 saturated carbocycles. The Bertz CT molecular complexity index is 1470. The van der Waals surface area contributed by atoms with E-state index in [-0.39, 0.29) is 0 Å². The van der Waals surface area contributed by atoms with Crippen LogP contribution >= 0.6 is 0 Å². The van der Waals surface area contributed by atoms with Gasteiger partial charge in [0, 0.05) is 48.6 Å². The van der Waals surface area contributed by atoms with E-state index in [0.717, 1.165) is 77.6 Å². The van der Waals surface area contributed by atoms with Gasteiger partial charge in [-0.2, -0.15) is 0 Å². The molecule has 0 spiro atoms. The Labute approximate surface area is 363 Å². The molecule has 59 heavy (non-hydrogen) atoms. The first kappa shape index (κ1) is 41.1. The number of ether oxygens (including phenoxy) is 1. The van der Waals surface area contributed by atoms with E-state index < -0.39 is 0 Å². The number of hydrogen-bond acceptors (Lipinski definition) is 4. The third-order valence-electron chi connectivity index (χ3n) is 22.3. The normalized spacial score (nSPS) is 47.4. The second-order valence-corrected chi connectivity index (χ2v) is 25.4. The van der Waals surface area contributed by atoms with Crippen LogP contribution in [-0.4, -0.2) is 64.1 Å². The fourth-order valence-corrected chi connectivity index (χ4v) is 19.7. The molecule has 0 N–H and O–H groups in total. The highest BCUT2D eigenvalue weighted by Crippen LogP contribution is 2.65. The minimum atomic E-state index is 0.349. The van der Waals surface area contributed by atoms with Gasteiger partial charge in [-0.15, -0.1) is 0 Å². The van der Waals surface area contributed by atoms with Crippen molar-refractivity contribution in [2.75, 3.05) is 0 Å². The van der Waals surface area contributed by atoms with Gasteiger partial charge in [0.05, 0.1) is 6.04 Å². The van der Waals surface area contributed by atoms with Crippen molar-refractivity contribution in [3.8, 4) is 0 Å². The lowest BCUT2D eigenvalue weighted by atomic mass is 9.66. The van der Waals surface area contributed by atoms with E-state index >= 15 is 0 Å². The van der Waals surface area contributed by atoms with Crippen LogP contribution in [0.3, 0.4) is 0 Å². The first-order valence-electron chi connectivity index (χ1n) is 27.5. The fraction of sp³-hybridized carbons (Fsp3) is 0.982. The average Bonchev–Trinajstić information content (AvgIpc) is 3.88. The van der Waals surface area contributed by atoms with Gasteiger partial charge < -0.3 is 4.74 Å². The molecule has 11 aliphatic rings.